The molecule has 1 atom stereocenters. The maximum atomic E-state index is 9.18. The van der Waals surface area contributed by atoms with Gasteiger partial charge >= 0.3 is 0 Å². The molecule has 0 heterocycles. The van der Waals surface area contributed by atoms with Gasteiger partial charge in [0.15, 0.2) is 0 Å². The molecular formula is C10H12INO. The van der Waals surface area contributed by atoms with E-state index >= 15 is 0 Å². The number of benzene rings is 1. The lowest BCUT2D eigenvalue weighted by molar-refractivity contribution is 0.474. The van der Waals surface area contributed by atoms with Crippen LogP contribution in [0, 0.1) is 3.57 Å². The number of phenolic OH excluding ortho intramolecular Hbond substituents is 1. The van der Waals surface area contributed by atoms with E-state index in [0.717, 1.165) is 15.6 Å². The predicted molar refractivity (Wildman–Crippen MR) is 62.6 cm³/mol. The Morgan fingerprint density at radius 1 is 1.62 bits per heavy atom. The van der Waals surface area contributed by atoms with E-state index in [-0.39, 0.29) is 11.8 Å². The van der Waals surface area contributed by atoms with Crippen LogP contribution in [0.2, 0.25) is 0 Å². The lowest BCUT2D eigenvalue weighted by Gasteiger charge is -2.11. The molecule has 0 aromatic heterocycles. The molecule has 0 radical (unpaired) electrons. The summed E-state index contributed by atoms with van der Waals surface area (Å²) < 4.78 is 0.993. The lowest BCUT2D eigenvalue weighted by Crippen LogP contribution is -2.10. The smallest absolute Gasteiger partial charge is 0.116 e. The Bertz CT molecular complexity index is 312. The molecule has 0 unspecified atom stereocenters. The van der Waals surface area contributed by atoms with Crippen LogP contribution in [0.25, 0.3) is 0 Å². The first-order valence-electron chi connectivity index (χ1n) is 4.00. The van der Waals surface area contributed by atoms with Gasteiger partial charge in [0, 0.05) is 9.61 Å². The highest BCUT2D eigenvalue weighted by atomic mass is 127. The number of rotatable bonds is 3. The quantitative estimate of drug-likeness (QED) is 0.663. The molecule has 2 nitrogen and oxygen atoms in total. The molecule has 3 N–H and O–H groups in total. The van der Waals surface area contributed by atoms with Gasteiger partial charge in [0.25, 0.3) is 0 Å². The van der Waals surface area contributed by atoms with Crippen LogP contribution >= 0.6 is 22.6 Å². The van der Waals surface area contributed by atoms with Crippen LogP contribution in [-0.2, 0) is 0 Å². The van der Waals surface area contributed by atoms with Crippen LogP contribution in [0.5, 0.6) is 5.75 Å². The number of hydrogen-bond donors (Lipinski definition) is 2. The van der Waals surface area contributed by atoms with Crippen molar-refractivity contribution in [3.63, 3.8) is 0 Å². The largest absolute Gasteiger partial charge is 0.508 e. The Balaban J connectivity index is 2.94. The van der Waals surface area contributed by atoms with Gasteiger partial charge in [0.2, 0.25) is 0 Å². The highest BCUT2D eigenvalue weighted by Crippen LogP contribution is 2.24. The maximum Gasteiger partial charge on any atom is 0.116 e. The van der Waals surface area contributed by atoms with Crippen LogP contribution in [0.15, 0.2) is 30.9 Å². The van der Waals surface area contributed by atoms with E-state index in [2.05, 4.69) is 29.2 Å². The summed E-state index contributed by atoms with van der Waals surface area (Å²) in [5, 5.41) is 9.18. The summed E-state index contributed by atoms with van der Waals surface area (Å²) in [4.78, 5) is 0. The average molecular weight is 289 g/mol. The topological polar surface area (TPSA) is 46.2 Å². The molecule has 0 fully saturated rings. The Labute approximate surface area is 91.6 Å². The molecule has 0 saturated carbocycles. The molecule has 3 heteroatoms. The van der Waals surface area contributed by atoms with Crippen molar-refractivity contribution in [3.8, 4) is 5.75 Å². The Morgan fingerprint density at radius 3 is 2.85 bits per heavy atom. The molecule has 70 valence electrons. The normalized spacial score (nSPS) is 12.5. The van der Waals surface area contributed by atoms with Gasteiger partial charge in [0.05, 0.1) is 0 Å². The van der Waals surface area contributed by atoms with Gasteiger partial charge in [-0.15, -0.1) is 6.58 Å². The Morgan fingerprint density at radius 2 is 2.31 bits per heavy atom. The highest BCUT2D eigenvalue weighted by molar-refractivity contribution is 14.1. The summed E-state index contributed by atoms with van der Waals surface area (Å²) >= 11 is 2.17. The molecule has 0 amide bonds. The van der Waals surface area contributed by atoms with Crippen molar-refractivity contribution in [2.75, 3.05) is 0 Å². The molecule has 0 bridgehead atoms. The molecule has 13 heavy (non-hydrogen) atoms. The zero-order chi connectivity index (χ0) is 9.84. The molecule has 0 aliphatic carbocycles. The van der Waals surface area contributed by atoms with Crippen molar-refractivity contribution in [3.05, 3.63) is 40.0 Å². The fourth-order valence-corrected chi connectivity index (χ4v) is 2.02. The van der Waals surface area contributed by atoms with Gasteiger partial charge in [-0.25, -0.2) is 0 Å². The number of phenols is 1. The van der Waals surface area contributed by atoms with Gasteiger partial charge < -0.3 is 10.8 Å². The number of halogens is 1. The fraction of sp³-hybridized carbons (Fsp3) is 0.200. The molecule has 1 rings (SSSR count). The van der Waals surface area contributed by atoms with Crippen LogP contribution in [-0.4, -0.2) is 5.11 Å². The van der Waals surface area contributed by atoms with Gasteiger partial charge in [-0.1, -0.05) is 12.1 Å². The fourth-order valence-electron chi connectivity index (χ4n) is 1.12. The van der Waals surface area contributed by atoms with E-state index in [4.69, 9.17) is 5.73 Å². The van der Waals surface area contributed by atoms with Gasteiger partial charge in [-0.3, -0.25) is 0 Å². The van der Waals surface area contributed by atoms with E-state index in [9.17, 15) is 5.11 Å². The molecule has 1 aromatic rings. The van der Waals surface area contributed by atoms with E-state index in [0.29, 0.717) is 0 Å². The third-order valence-electron chi connectivity index (χ3n) is 1.80. The molecular weight excluding hydrogens is 277 g/mol. The summed E-state index contributed by atoms with van der Waals surface area (Å²) in [7, 11) is 0. The van der Waals surface area contributed by atoms with Crippen molar-refractivity contribution in [1.29, 1.82) is 0 Å². The Kier molecular flexibility index (Phi) is 3.74. The summed E-state index contributed by atoms with van der Waals surface area (Å²) in [6.07, 6.45) is 2.55. The third kappa shape index (κ3) is 2.70. The molecule has 0 aliphatic rings. The van der Waals surface area contributed by atoms with Crippen molar-refractivity contribution >= 4 is 22.6 Å². The average Bonchev–Trinajstić information content (AvgIpc) is 2.04. The predicted octanol–water partition coefficient (Wildman–Crippen LogP) is 2.57. The standard InChI is InChI=1S/C10H12INO/c1-2-3-10(12)8-5-4-7(13)6-9(8)11/h2,4-6,10,13H,1,3,12H2/t10-/m0/s1. The number of nitrogens with two attached hydrogens (primary N) is 1. The van der Waals surface area contributed by atoms with Crippen LogP contribution in [0.3, 0.4) is 0 Å². The zero-order valence-corrected chi connectivity index (χ0v) is 9.36. The van der Waals surface area contributed by atoms with Gasteiger partial charge in [-0.05, 0) is 46.7 Å². The lowest BCUT2D eigenvalue weighted by atomic mass is 10.0. The van der Waals surface area contributed by atoms with Crippen molar-refractivity contribution in [2.24, 2.45) is 5.73 Å². The first-order valence-corrected chi connectivity index (χ1v) is 5.08. The van der Waals surface area contributed by atoms with Crippen LogP contribution in [0.4, 0.5) is 0 Å². The minimum atomic E-state index is -0.0231. The summed E-state index contributed by atoms with van der Waals surface area (Å²) in [6.45, 7) is 3.64. The van der Waals surface area contributed by atoms with Crippen molar-refractivity contribution < 1.29 is 5.11 Å². The molecule has 0 spiro atoms. The first kappa shape index (κ1) is 10.5. The summed E-state index contributed by atoms with van der Waals surface area (Å²) in [6, 6.07) is 5.19. The minimum Gasteiger partial charge on any atom is -0.508 e. The van der Waals surface area contributed by atoms with Crippen molar-refractivity contribution in [1.82, 2.24) is 0 Å². The van der Waals surface area contributed by atoms with E-state index in [1.165, 1.54) is 0 Å². The monoisotopic (exact) mass is 289 g/mol. The summed E-state index contributed by atoms with van der Waals surface area (Å²) in [5.74, 6) is 0.277. The SMILES string of the molecule is C=CC[C@H](N)c1ccc(O)cc1I. The minimum absolute atomic E-state index is 0.0231. The Hall–Kier alpha value is -0.550. The molecule has 1 aromatic carbocycles. The van der Waals surface area contributed by atoms with Crippen LogP contribution < -0.4 is 5.73 Å². The second-order valence-corrected chi connectivity index (χ2v) is 4.00. The van der Waals surface area contributed by atoms with Gasteiger partial charge in [0.1, 0.15) is 5.75 Å². The zero-order valence-electron chi connectivity index (χ0n) is 7.20. The van der Waals surface area contributed by atoms with E-state index in [1.807, 2.05) is 6.07 Å². The van der Waals surface area contributed by atoms with E-state index < -0.39 is 0 Å². The first-order chi connectivity index (χ1) is 6.15. The second kappa shape index (κ2) is 4.62. The van der Waals surface area contributed by atoms with E-state index in [1.54, 1.807) is 18.2 Å². The van der Waals surface area contributed by atoms with Gasteiger partial charge in [-0.2, -0.15) is 0 Å². The third-order valence-corrected chi connectivity index (χ3v) is 2.74. The van der Waals surface area contributed by atoms with Crippen molar-refractivity contribution in [2.45, 2.75) is 12.5 Å². The summed E-state index contributed by atoms with van der Waals surface area (Å²) in [5.41, 5.74) is 6.95. The maximum absolute atomic E-state index is 9.18. The molecule has 0 saturated heterocycles. The van der Waals surface area contributed by atoms with Crippen LogP contribution in [0.1, 0.15) is 18.0 Å². The highest BCUT2D eigenvalue weighted by Gasteiger charge is 2.08. The number of hydrogen-bond acceptors (Lipinski definition) is 2. The second-order valence-electron chi connectivity index (χ2n) is 2.84. The molecule has 0 aliphatic heterocycles. The number of aromatic hydroxyl groups is 1.